The lowest BCUT2D eigenvalue weighted by Crippen LogP contribution is -2.28. The molecule has 1 atom stereocenters. The van der Waals surface area contributed by atoms with E-state index in [9.17, 15) is 8.42 Å². The number of nitrogens with two attached hydrogens (primary N) is 1. The van der Waals surface area contributed by atoms with Gasteiger partial charge in [0.15, 0.2) is 0 Å². The maximum absolute atomic E-state index is 12.6. The molecule has 1 aromatic carbocycles. The minimum absolute atomic E-state index is 0.150. The number of aryl methyl sites for hydroxylation is 1. The summed E-state index contributed by atoms with van der Waals surface area (Å²) in [6.07, 6.45) is 0. The summed E-state index contributed by atoms with van der Waals surface area (Å²) in [6, 6.07) is 6.62. The molecule has 7 heteroatoms. The second-order valence-corrected chi connectivity index (χ2v) is 8.31. The van der Waals surface area contributed by atoms with Crippen LogP contribution in [0.3, 0.4) is 0 Å². The third kappa shape index (κ3) is 3.40. The van der Waals surface area contributed by atoms with Gasteiger partial charge in [-0.2, -0.15) is 0 Å². The van der Waals surface area contributed by atoms with Crippen LogP contribution in [0.1, 0.15) is 29.0 Å². The van der Waals surface area contributed by atoms with E-state index in [1.807, 2.05) is 19.1 Å². The highest BCUT2D eigenvalue weighted by Gasteiger charge is 2.24. The molecule has 2 aromatic rings. The number of thiophene rings is 1. The Morgan fingerprint density at radius 1 is 1.24 bits per heavy atom. The average Bonchev–Trinajstić information content (AvgIpc) is 2.80. The molecule has 1 unspecified atom stereocenters. The lowest BCUT2D eigenvalue weighted by molar-refractivity contribution is 0.568. The zero-order valence-corrected chi connectivity index (χ0v) is 14.4. The molecule has 0 bridgehead atoms. The topological polar surface area (TPSA) is 72.2 Å². The summed E-state index contributed by atoms with van der Waals surface area (Å²) in [7, 11) is -3.69. The van der Waals surface area contributed by atoms with Crippen LogP contribution in [0.2, 0.25) is 4.34 Å². The summed E-state index contributed by atoms with van der Waals surface area (Å²) in [5.74, 6) is 0. The van der Waals surface area contributed by atoms with Gasteiger partial charge in [0, 0.05) is 4.88 Å². The van der Waals surface area contributed by atoms with Gasteiger partial charge in [0.25, 0.3) is 0 Å². The van der Waals surface area contributed by atoms with Crippen LogP contribution in [0.15, 0.2) is 29.2 Å². The number of benzene rings is 1. The minimum Gasteiger partial charge on any atom is -0.398 e. The lowest BCUT2D eigenvalue weighted by atomic mass is 10.1. The van der Waals surface area contributed by atoms with Gasteiger partial charge in [0.1, 0.15) is 4.90 Å². The van der Waals surface area contributed by atoms with E-state index in [0.717, 1.165) is 10.4 Å². The van der Waals surface area contributed by atoms with E-state index in [1.54, 1.807) is 26.0 Å². The van der Waals surface area contributed by atoms with E-state index < -0.39 is 10.0 Å². The Kier molecular flexibility index (Phi) is 4.63. The summed E-state index contributed by atoms with van der Waals surface area (Å²) >= 11 is 7.24. The SMILES string of the molecule is Cc1ccc(N)c(S(=O)(=O)NC(C)c2ccc(Cl)s2)c1C. The third-order valence-electron chi connectivity index (χ3n) is 3.33. The highest BCUT2D eigenvalue weighted by molar-refractivity contribution is 7.89. The van der Waals surface area contributed by atoms with Crippen molar-refractivity contribution in [2.24, 2.45) is 0 Å². The number of rotatable bonds is 4. The highest BCUT2D eigenvalue weighted by atomic mass is 35.5. The molecule has 4 nitrogen and oxygen atoms in total. The average molecular weight is 345 g/mol. The van der Waals surface area contributed by atoms with Crippen molar-refractivity contribution in [1.82, 2.24) is 4.72 Å². The Labute approximate surface area is 134 Å². The number of hydrogen-bond donors (Lipinski definition) is 2. The maximum Gasteiger partial charge on any atom is 0.243 e. The highest BCUT2D eigenvalue weighted by Crippen LogP contribution is 2.30. The van der Waals surface area contributed by atoms with Gasteiger partial charge in [-0.25, -0.2) is 13.1 Å². The molecule has 3 N–H and O–H groups in total. The molecule has 0 saturated carbocycles. The van der Waals surface area contributed by atoms with Crippen molar-refractivity contribution in [2.45, 2.75) is 31.7 Å². The van der Waals surface area contributed by atoms with Gasteiger partial charge in [-0.15, -0.1) is 11.3 Å². The van der Waals surface area contributed by atoms with Gasteiger partial charge < -0.3 is 5.73 Å². The number of halogens is 1. The molecule has 0 saturated heterocycles. The predicted octanol–water partition coefficient (Wildman–Crippen LogP) is 3.64. The summed E-state index contributed by atoms with van der Waals surface area (Å²) in [5.41, 5.74) is 7.66. The largest absolute Gasteiger partial charge is 0.398 e. The summed E-state index contributed by atoms with van der Waals surface area (Å²) < 4.78 is 28.5. The Bertz CT molecular complexity index is 769. The van der Waals surface area contributed by atoms with Crippen LogP contribution >= 0.6 is 22.9 Å². The van der Waals surface area contributed by atoms with E-state index in [1.165, 1.54) is 11.3 Å². The first-order valence-corrected chi connectivity index (χ1v) is 9.03. The quantitative estimate of drug-likeness (QED) is 0.832. The summed E-state index contributed by atoms with van der Waals surface area (Å²) in [5, 5.41) is 0. The van der Waals surface area contributed by atoms with E-state index >= 15 is 0 Å². The Morgan fingerprint density at radius 2 is 1.90 bits per heavy atom. The third-order valence-corrected chi connectivity index (χ3v) is 6.49. The summed E-state index contributed by atoms with van der Waals surface area (Å²) in [4.78, 5) is 1.00. The second kappa shape index (κ2) is 5.96. The van der Waals surface area contributed by atoms with Crippen LogP contribution in [0.25, 0.3) is 0 Å². The van der Waals surface area contributed by atoms with Gasteiger partial charge in [0.2, 0.25) is 10.0 Å². The zero-order valence-electron chi connectivity index (χ0n) is 12.0. The molecule has 0 aliphatic carbocycles. The second-order valence-electron chi connectivity index (χ2n) is 4.91. The van der Waals surface area contributed by atoms with Crippen molar-refractivity contribution in [3.05, 3.63) is 44.6 Å². The van der Waals surface area contributed by atoms with Crippen molar-refractivity contribution < 1.29 is 8.42 Å². The number of sulfonamides is 1. The van der Waals surface area contributed by atoms with Gasteiger partial charge in [-0.1, -0.05) is 17.7 Å². The maximum atomic E-state index is 12.6. The van der Waals surface area contributed by atoms with E-state index in [-0.39, 0.29) is 16.6 Å². The first kappa shape index (κ1) is 16.3. The molecular weight excluding hydrogens is 328 g/mol. The number of nitrogen functional groups attached to an aromatic ring is 1. The molecule has 0 fully saturated rings. The molecule has 0 spiro atoms. The fourth-order valence-corrected chi connectivity index (χ4v) is 4.87. The van der Waals surface area contributed by atoms with E-state index in [4.69, 9.17) is 17.3 Å². The molecule has 21 heavy (non-hydrogen) atoms. The van der Waals surface area contributed by atoms with Gasteiger partial charge >= 0.3 is 0 Å². The van der Waals surface area contributed by atoms with Crippen LogP contribution in [-0.2, 0) is 10.0 Å². The molecule has 1 heterocycles. The number of nitrogens with one attached hydrogen (secondary N) is 1. The zero-order chi connectivity index (χ0) is 15.8. The fourth-order valence-electron chi connectivity index (χ4n) is 2.08. The van der Waals surface area contributed by atoms with Gasteiger partial charge in [0.05, 0.1) is 16.1 Å². The van der Waals surface area contributed by atoms with Gasteiger partial charge in [-0.3, -0.25) is 0 Å². The van der Waals surface area contributed by atoms with Crippen molar-refractivity contribution >= 4 is 38.6 Å². The minimum atomic E-state index is -3.69. The summed E-state index contributed by atoms with van der Waals surface area (Å²) in [6.45, 7) is 5.39. The van der Waals surface area contributed by atoms with Crippen molar-refractivity contribution in [1.29, 1.82) is 0 Å². The molecule has 114 valence electrons. The molecule has 2 rings (SSSR count). The van der Waals surface area contributed by atoms with Crippen LogP contribution in [-0.4, -0.2) is 8.42 Å². The monoisotopic (exact) mass is 344 g/mol. The Hall–Kier alpha value is -1.08. The first-order chi connectivity index (χ1) is 9.72. The normalized spacial score (nSPS) is 13.3. The van der Waals surface area contributed by atoms with Crippen LogP contribution in [0.5, 0.6) is 0 Å². The smallest absolute Gasteiger partial charge is 0.243 e. The van der Waals surface area contributed by atoms with Crippen molar-refractivity contribution in [2.75, 3.05) is 5.73 Å². The van der Waals surface area contributed by atoms with Crippen LogP contribution in [0, 0.1) is 13.8 Å². The van der Waals surface area contributed by atoms with Crippen molar-refractivity contribution in [3.8, 4) is 0 Å². The predicted molar refractivity (Wildman–Crippen MR) is 88.4 cm³/mol. The van der Waals surface area contributed by atoms with Gasteiger partial charge in [-0.05, 0) is 50.1 Å². The Balaban J connectivity index is 2.37. The lowest BCUT2D eigenvalue weighted by Gasteiger charge is -2.17. The molecule has 0 amide bonds. The van der Waals surface area contributed by atoms with E-state index in [0.29, 0.717) is 9.90 Å². The molecule has 0 aliphatic heterocycles. The van der Waals surface area contributed by atoms with Crippen molar-refractivity contribution in [3.63, 3.8) is 0 Å². The number of hydrogen-bond acceptors (Lipinski definition) is 4. The van der Waals surface area contributed by atoms with Crippen LogP contribution < -0.4 is 10.5 Å². The Morgan fingerprint density at radius 3 is 2.48 bits per heavy atom. The molecule has 1 aromatic heterocycles. The first-order valence-electron chi connectivity index (χ1n) is 6.35. The van der Waals surface area contributed by atoms with Crippen LogP contribution in [0.4, 0.5) is 5.69 Å². The molecular formula is C14H17ClN2O2S2. The number of anilines is 1. The standard InChI is InChI=1S/C14H17ClN2O2S2/c1-8-4-5-11(16)14(9(8)2)21(18,19)17-10(3)12-6-7-13(15)20-12/h4-7,10,17H,16H2,1-3H3. The molecule has 0 aliphatic rings. The van der Waals surface area contributed by atoms with E-state index in [2.05, 4.69) is 4.72 Å². The molecule has 0 radical (unpaired) electrons. The fraction of sp³-hybridized carbons (Fsp3) is 0.286.